The second-order valence-corrected chi connectivity index (χ2v) is 4.47. The molecule has 0 saturated heterocycles. The van der Waals surface area contributed by atoms with Gasteiger partial charge in [0.2, 0.25) is 0 Å². The number of aromatic amines is 1. The lowest BCUT2D eigenvalue weighted by molar-refractivity contribution is 0.0953. The maximum Gasteiger partial charge on any atom is 0.251 e. The van der Waals surface area contributed by atoms with E-state index in [1.165, 1.54) is 6.33 Å². The number of hydrogen-bond acceptors (Lipinski definition) is 4. The van der Waals surface area contributed by atoms with Gasteiger partial charge in [-0.05, 0) is 24.6 Å². The van der Waals surface area contributed by atoms with Crippen molar-refractivity contribution in [3.8, 4) is 11.8 Å². The average molecular weight is 283 g/mol. The second-order valence-electron chi connectivity index (χ2n) is 4.47. The Kier molecular flexibility index (Phi) is 5.07. The zero-order chi connectivity index (χ0) is 15.1. The van der Waals surface area contributed by atoms with Crippen LogP contribution in [-0.2, 0) is 6.42 Å². The number of aromatic nitrogens is 3. The molecule has 0 unspecified atom stereocenters. The molecule has 0 aliphatic carbocycles. The zero-order valence-corrected chi connectivity index (χ0v) is 11.8. The van der Waals surface area contributed by atoms with Crippen molar-refractivity contribution >= 4 is 5.91 Å². The molecule has 1 heterocycles. The van der Waals surface area contributed by atoms with E-state index in [0.29, 0.717) is 25.1 Å². The Morgan fingerprint density at radius 2 is 2.33 bits per heavy atom. The van der Waals surface area contributed by atoms with Crippen LogP contribution < -0.4 is 11.1 Å². The summed E-state index contributed by atoms with van der Waals surface area (Å²) in [5.41, 5.74) is 7.66. The second kappa shape index (κ2) is 7.22. The van der Waals surface area contributed by atoms with Crippen molar-refractivity contribution in [2.45, 2.75) is 13.3 Å². The van der Waals surface area contributed by atoms with Crippen LogP contribution in [0.3, 0.4) is 0 Å². The third kappa shape index (κ3) is 4.16. The molecular weight excluding hydrogens is 266 g/mol. The molecule has 0 saturated carbocycles. The van der Waals surface area contributed by atoms with Crippen LogP contribution in [-0.4, -0.2) is 34.2 Å². The van der Waals surface area contributed by atoms with E-state index in [-0.39, 0.29) is 5.91 Å². The van der Waals surface area contributed by atoms with Gasteiger partial charge in [-0.25, -0.2) is 4.98 Å². The van der Waals surface area contributed by atoms with Crippen LogP contribution in [0.1, 0.15) is 27.3 Å². The molecule has 6 heteroatoms. The molecule has 21 heavy (non-hydrogen) atoms. The number of carbonyl (C=O) groups excluding carboxylic acids is 1. The SMILES string of the molecule is Cc1ccc(C#CCN)cc1C(=O)NCCc1ncn[nH]1. The third-order valence-electron chi connectivity index (χ3n) is 2.93. The Balaban J connectivity index is 2.00. The molecule has 1 amide bonds. The molecule has 0 fully saturated rings. The highest BCUT2D eigenvalue weighted by molar-refractivity contribution is 5.96. The predicted octanol–water partition coefficient (Wildman–Crippen LogP) is 0.396. The summed E-state index contributed by atoms with van der Waals surface area (Å²) >= 11 is 0. The van der Waals surface area contributed by atoms with E-state index >= 15 is 0 Å². The van der Waals surface area contributed by atoms with Crippen molar-refractivity contribution in [3.63, 3.8) is 0 Å². The van der Waals surface area contributed by atoms with E-state index in [1.807, 2.05) is 19.1 Å². The summed E-state index contributed by atoms with van der Waals surface area (Å²) in [6.45, 7) is 2.68. The van der Waals surface area contributed by atoms with Gasteiger partial charge < -0.3 is 11.1 Å². The van der Waals surface area contributed by atoms with Crippen LogP contribution in [0.2, 0.25) is 0 Å². The molecule has 1 aromatic heterocycles. The van der Waals surface area contributed by atoms with Crippen LogP contribution in [0.25, 0.3) is 0 Å². The van der Waals surface area contributed by atoms with Gasteiger partial charge in [0.25, 0.3) is 5.91 Å². The van der Waals surface area contributed by atoms with Crippen molar-refractivity contribution in [2.75, 3.05) is 13.1 Å². The lowest BCUT2D eigenvalue weighted by atomic mass is 10.0. The first-order chi connectivity index (χ1) is 10.2. The number of aryl methyl sites for hydroxylation is 1. The van der Waals surface area contributed by atoms with Gasteiger partial charge in [0.05, 0.1) is 6.54 Å². The van der Waals surface area contributed by atoms with Gasteiger partial charge in [0.15, 0.2) is 0 Å². The van der Waals surface area contributed by atoms with Crippen LogP contribution in [0.5, 0.6) is 0 Å². The van der Waals surface area contributed by atoms with Gasteiger partial charge >= 0.3 is 0 Å². The van der Waals surface area contributed by atoms with Crippen molar-refractivity contribution in [2.24, 2.45) is 5.73 Å². The minimum absolute atomic E-state index is 0.122. The normalized spacial score (nSPS) is 9.81. The van der Waals surface area contributed by atoms with Crippen LogP contribution >= 0.6 is 0 Å². The molecule has 1 aromatic carbocycles. The van der Waals surface area contributed by atoms with E-state index in [9.17, 15) is 4.79 Å². The molecule has 2 aromatic rings. The fourth-order valence-corrected chi connectivity index (χ4v) is 1.84. The van der Waals surface area contributed by atoms with Crippen LogP contribution in [0.4, 0.5) is 0 Å². The molecule has 6 nitrogen and oxygen atoms in total. The van der Waals surface area contributed by atoms with Gasteiger partial charge in [-0.1, -0.05) is 17.9 Å². The number of nitrogens with two attached hydrogens (primary N) is 1. The highest BCUT2D eigenvalue weighted by Gasteiger charge is 2.09. The molecule has 108 valence electrons. The van der Waals surface area contributed by atoms with Gasteiger partial charge in [-0.15, -0.1) is 0 Å². The molecule has 0 aliphatic heterocycles. The number of benzene rings is 1. The van der Waals surface area contributed by atoms with E-state index < -0.39 is 0 Å². The molecule has 0 atom stereocenters. The summed E-state index contributed by atoms with van der Waals surface area (Å²) in [6.07, 6.45) is 2.05. The Morgan fingerprint density at radius 3 is 3.05 bits per heavy atom. The lowest BCUT2D eigenvalue weighted by Gasteiger charge is -2.07. The van der Waals surface area contributed by atoms with Crippen molar-refractivity contribution < 1.29 is 4.79 Å². The largest absolute Gasteiger partial charge is 0.352 e. The summed E-state index contributed by atoms with van der Waals surface area (Å²) < 4.78 is 0. The number of carbonyl (C=O) groups is 1. The third-order valence-corrected chi connectivity index (χ3v) is 2.93. The first-order valence-electron chi connectivity index (χ1n) is 6.62. The predicted molar refractivity (Wildman–Crippen MR) is 79.5 cm³/mol. The van der Waals surface area contributed by atoms with E-state index in [2.05, 4.69) is 32.3 Å². The van der Waals surface area contributed by atoms with E-state index in [1.54, 1.807) is 6.07 Å². The van der Waals surface area contributed by atoms with Crippen molar-refractivity contribution in [1.29, 1.82) is 0 Å². The molecule has 0 bridgehead atoms. The number of rotatable bonds is 4. The van der Waals surface area contributed by atoms with Crippen LogP contribution in [0, 0.1) is 18.8 Å². The number of hydrogen-bond donors (Lipinski definition) is 3. The number of H-pyrrole nitrogens is 1. The number of amides is 1. The molecule has 0 aliphatic rings. The fraction of sp³-hybridized carbons (Fsp3) is 0.267. The maximum absolute atomic E-state index is 12.2. The quantitative estimate of drug-likeness (QED) is 0.707. The van der Waals surface area contributed by atoms with E-state index in [4.69, 9.17) is 5.73 Å². The fourth-order valence-electron chi connectivity index (χ4n) is 1.84. The Bertz CT molecular complexity index is 667. The summed E-state index contributed by atoms with van der Waals surface area (Å²) in [7, 11) is 0. The topological polar surface area (TPSA) is 96.7 Å². The summed E-state index contributed by atoms with van der Waals surface area (Å²) in [5, 5.41) is 9.37. The molecule has 0 radical (unpaired) electrons. The standard InChI is InChI=1S/C15H17N5O/c1-11-4-5-12(3-2-7-16)9-13(11)15(21)17-8-6-14-18-10-19-20-14/h4-5,9-10H,6-8,16H2,1H3,(H,17,21)(H,18,19,20). The number of nitrogens with one attached hydrogen (secondary N) is 2. The van der Waals surface area contributed by atoms with Crippen molar-refractivity contribution in [3.05, 3.63) is 47.0 Å². The summed E-state index contributed by atoms with van der Waals surface area (Å²) in [5.74, 6) is 6.33. The minimum atomic E-state index is -0.122. The highest BCUT2D eigenvalue weighted by atomic mass is 16.1. The van der Waals surface area contributed by atoms with Gasteiger partial charge in [0, 0.05) is 24.1 Å². The average Bonchev–Trinajstić information content (AvgIpc) is 2.99. The molecule has 0 spiro atoms. The van der Waals surface area contributed by atoms with Gasteiger partial charge in [0.1, 0.15) is 12.2 Å². The van der Waals surface area contributed by atoms with Crippen molar-refractivity contribution in [1.82, 2.24) is 20.5 Å². The van der Waals surface area contributed by atoms with E-state index in [0.717, 1.165) is 17.0 Å². The molecular formula is C15H17N5O. The van der Waals surface area contributed by atoms with Gasteiger partial charge in [-0.3, -0.25) is 9.89 Å². The Hall–Kier alpha value is -2.65. The zero-order valence-electron chi connectivity index (χ0n) is 11.8. The minimum Gasteiger partial charge on any atom is -0.352 e. The van der Waals surface area contributed by atoms with Gasteiger partial charge in [-0.2, -0.15) is 5.10 Å². The first-order valence-corrected chi connectivity index (χ1v) is 6.62. The lowest BCUT2D eigenvalue weighted by Crippen LogP contribution is -2.26. The first kappa shape index (κ1) is 14.8. The monoisotopic (exact) mass is 283 g/mol. The number of nitrogens with zero attached hydrogens (tertiary/aromatic N) is 2. The molecule has 2 rings (SSSR count). The summed E-state index contributed by atoms with van der Waals surface area (Å²) in [6, 6.07) is 5.54. The van der Waals surface area contributed by atoms with Crippen LogP contribution in [0.15, 0.2) is 24.5 Å². The summed E-state index contributed by atoms with van der Waals surface area (Å²) in [4.78, 5) is 16.2. The maximum atomic E-state index is 12.2. The highest BCUT2D eigenvalue weighted by Crippen LogP contribution is 2.10. The smallest absolute Gasteiger partial charge is 0.251 e. The Labute approximate surface area is 123 Å². The Morgan fingerprint density at radius 1 is 1.48 bits per heavy atom. The molecule has 4 N–H and O–H groups in total.